The molecule has 1 aromatic carbocycles. The van der Waals surface area contributed by atoms with Crippen LogP contribution in [-0.4, -0.2) is 32.6 Å². The first-order chi connectivity index (χ1) is 11.0. The number of aromatic hydroxyl groups is 2. The van der Waals surface area contributed by atoms with Crippen LogP contribution in [0.5, 0.6) is 11.8 Å². The maximum Gasteiger partial charge on any atom is 0.335 e. The highest BCUT2D eigenvalue weighted by Crippen LogP contribution is 2.21. The number of hydrazone groups is 1. The van der Waals surface area contributed by atoms with Crippen LogP contribution in [0.25, 0.3) is 0 Å². The Morgan fingerprint density at radius 2 is 1.83 bits per heavy atom. The highest BCUT2D eigenvalue weighted by atomic mass is 16.3. The van der Waals surface area contributed by atoms with Gasteiger partial charge in [-0.1, -0.05) is 12.1 Å². The number of amides is 2. The van der Waals surface area contributed by atoms with Crippen molar-refractivity contribution >= 4 is 17.4 Å². The zero-order valence-electron chi connectivity index (χ0n) is 12.4. The molecule has 0 fully saturated rings. The number of urea groups is 1. The Morgan fingerprint density at radius 3 is 2.43 bits per heavy atom. The summed E-state index contributed by atoms with van der Waals surface area (Å²) in [6, 6.07) is 9.84. The molecule has 2 amide bonds. The van der Waals surface area contributed by atoms with E-state index in [1.165, 1.54) is 16.7 Å². The zero-order chi connectivity index (χ0) is 16.4. The summed E-state index contributed by atoms with van der Waals surface area (Å²) in [7, 11) is 0. The van der Waals surface area contributed by atoms with Gasteiger partial charge >= 0.3 is 6.03 Å². The first-order valence-corrected chi connectivity index (χ1v) is 7.10. The van der Waals surface area contributed by atoms with E-state index in [0.717, 1.165) is 17.0 Å². The third-order valence-electron chi connectivity index (χ3n) is 3.59. The molecule has 1 unspecified atom stereocenters. The van der Waals surface area contributed by atoms with Crippen LogP contribution in [-0.2, 0) is 6.67 Å². The third-order valence-corrected chi connectivity index (χ3v) is 3.59. The van der Waals surface area contributed by atoms with Gasteiger partial charge in [-0.15, -0.1) is 0 Å². The van der Waals surface area contributed by atoms with E-state index in [1.54, 1.807) is 0 Å². The Balaban J connectivity index is 1.69. The minimum atomic E-state index is -0.314. The van der Waals surface area contributed by atoms with E-state index < -0.39 is 0 Å². The number of hydrogen-bond donors (Lipinski definition) is 5. The summed E-state index contributed by atoms with van der Waals surface area (Å²) in [4.78, 5) is 11.2. The molecule has 0 aliphatic carbocycles. The lowest BCUT2D eigenvalue weighted by molar-refractivity contribution is 0.239. The minimum Gasteiger partial charge on any atom is -0.494 e. The SMILES string of the molecule is CC1NC(=O)NN=C1c1ccc(NCn2c(O)ccc2O)cc1. The van der Waals surface area contributed by atoms with E-state index in [1.807, 2.05) is 31.2 Å². The molecule has 8 nitrogen and oxygen atoms in total. The van der Waals surface area contributed by atoms with E-state index in [0.29, 0.717) is 0 Å². The molecule has 1 aliphatic rings. The van der Waals surface area contributed by atoms with Crippen LogP contribution in [0, 0.1) is 0 Å². The lowest BCUT2D eigenvalue weighted by Crippen LogP contribution is -2.48. The molecular weight excluding hydrogens is 298 g/mol. The van der Waals surface area contributed by atoms with Crippen molar-refractivity contribution in [2.75, 3.05) is 5.32 Å². The second-order valence-corrected chi connectivity index (χ2v) is 5.19. The zero-order valence-corrected chi connectivity index (χ0v) is 12.4. The molecule has 8 heteroatoms. The average Bonchev–Trinajstić information content (AvgIpc) is 2.85. The van der Waals surface area contributed by atoms with E-state index in [9.17, 15) is 15.0 Å². The fraction of sp³-hybridized carbons (Fsp3) is 0.200. The predicted octanol–water partition coefficient (Wildman–Crippen LogP) is 1.37. The van der Waals surface area contributed by atoms with Crippen molar-refractivity contribution in [1.82, 2.24) is 15.3 Å². The maximum absolute atomic E-state index is 11.2. The molecule has 0 bridgehead atoms. The predicted molar refractivity (Wildman–Crippen MR) is 85.5 cm³/mol. The standard InChI is InChI=1S/C15H17N5O3/c1-9-14(18-19-15(23)17-9)10-2-4-11(5-3-10)16-8-20-12(21)6-7-13(20)22/h2-7,9,16,21-22H,8H2,1H3,(H2,17,19,23). The third kappa shape index (κ3) is 3.05. The summed E-state index contributed by atoms with van der Waals surface area (Å²) in [5.74, 6) is -0.0300. The number of carbonyl (C=O) groups excluding carboxylic acids is 1. The van der Waals surface area contributed by atoms with Crippen molar-refractivity contribution < 1.29 is 15.0 Å². The Bertz CT molecular complexity index is 731. The molecule has 0 saturated heterocycles. The highest BCUT2D eigenvalue weighted by molar-refractivity contribution is 6.07. The fourth-order valence-electron chi connectivity index (χ4n) is 2.36. The second kappa shape index (κ2) is 5.91. The first-order valence-electron chi connectivity index (χ1n) is 7.10. The molecule has 2 aromatic rings. The summed E-state index contributed by atoms with van der Waals surface area (Å²) in [5.41, 5.74) is 4.85. The van der Waals surface area contributed by atoms with Crippen molar-refractivity contribution in [2.24, 2.45) is 5.10 Å². The number of carbonyl (C=O) groups is 1. The van der Waals surface area contributed by atoms with E-state index >= 15 is 0 Å². The normalized spacial score (nSPS) is 17.2. The number of rotatable bonds is 4. The van der Waals surface area contributed by atoms with Gasteiger partial charge in [0, 0.05) is 23.4 Å². The number of nitrogens with one attached hydrogen (secondary N) is 3. The summed E-state index contributed by atoms with van der Waals surface area (Å²) in [5, 5.41) is 29.1. The molecular formula is C15H17N5O3. The lowest BCUT2D eigenvalue weighted by Gasteiger charge is -2.21. The van der Waals surface area contributed by atoms with Crippen LogP contribution in [0.1, 0.15) is 12.5 Å². The number of anilines is 1. The van der Waals surface area contributed by atoms with Gasteiger partial charge in [0.15, 0.2) is 11.8 Å². The Hall–Kier alpha value is -3.16. The van der Waals surface area contributed by atoms with Crippen molar-refractivity contribution in [1.29, 1.82) is 0 Å². The van der Waals surface area contributed by atoms with Crippen LogP contribution >= 0.6 is 0 Å². The quantitative estimate of drug-likeness (QED) is 0.587. The van der Waals surface area contributed by atoms with Gasteiger partial charge in [-0.2, -0.15) is 5.10 Å². The molecule has 0 spiro atoms. The van der Waals surface area contributed by atoms with Gasteiger partial charge in [0.2, 0.25) is 0 Å². The topological polar surface area (TPSA) is 111 Å². The number of aromatic nitrogens is 1. The van der Waals surface area contributed by atoms with Crippen molar-refractivity contribution in [2.45, 2.75) is 19.6 Å². The molecule has 0 saturated carbocycles. The van der Waals surface area contributed by atoms with Gasteiger partial charge < -0.3 is 20.8 Å². The van der Waals surface area contributed by atoms with Gasteiger partial charge in [-0.25, -0.2) is 10.2 Å². The van der Waals surface area contributed by atoms with Gasteiger partial charge in [-0.3, -0.25) is 4.57 Å². The summed E-state index contributed by atoms with van der Waals surface area (Å²) >= 11 is 0. The molecule has 2 heterocycles. The second-order valence-electron chi connectivity index (χ2n) is 5.19. The molecule has 23 heavy (non-hydrogen) atoms. The van der Waals surface area contributed by atoms with Crippen molar-refractivity contribution in [3.63, 3.8) is 0 Å². The number of hydrogen-bond acceptors (Lipinski definition) is 5. The average molecular weight is 315 g/mol. The molecule has 120 valence electrons. The van der Waals surface area contributed by atoms with Crippen molar-refractivity contribution in [3.8, 4) is 11.8 Å². The molecule has 1 aromatic heterocycles. The largest absolute Gasteiger partial charge is 0.494 e. The molecule has 5 N–H and O–H groups in total. The summed E-state index contributed by atoms with van der Waals surface area (Å²) in [6.45, 7) is 2.10. The van der Waals surface area contributed by atoms with Crippen LogP contribution in [0.2, 0.25) is 0 Å². The molecule has 0 radical (unpaired) electrons. The fourth-order valence-corrected chi connectivity index (χ4v) is 2.36. The molecule has 1 atom stereocenters. The van der Waals surface area contributed by atoms with Gasteiger partial charge in [-0.05, 0) is 19.1 Å². The Morgan fingerprint density at radius 1 is 1.17 bits per heavy atom. The van der Waals surface area contributed by atoms with E-state index in [-0.39, 0.29) is 30.5 Å². The van der Waals surface area contributed by atoms with E-state index in [2.05, 4.69) is 21.2 Å². The van der Waals surface area contributed by atoms with Crippen LogP contribution in [0.4, 0.5) is 10.5 Å². The molecule has 1 aliphatic heterocycles. The minimum absolute atomic E-state index is 0.0150. The smallest absolute Gasteiger partial charge is 0.335 e. The van der Waals surface area contributed by atoms with Gasteiger partial charge in [0.1, 0.15) is 0 Å². The first kappa shape index (κ1) is 14.8. The number of nitrogens with zero attached hydrogens (tertiary/aromatic N) is 2. The summed E-state index contributed by atoms with van der Waals surface area (Å²) < 4.78 is 1.33. The highest BCUT2D eigenvalue weighted by Gasteiger charge is 2.20. The molecule has 3 rings (SSSR count). The lowest BCUT2D eigenvalue weighted by atomic mass is 10.0. The van der Waals surface area contributed by atoms with Crippen LogP contribution in [0.15, 0.2) is 41.5 Å². The van der Waals surface area contributed by atoms with Gasteiger partial charge in [0.25, 0.3) is 0 Å². The Labute approximate surface area is 132 Å². The Kier molecular flexibility index (Phi) is 3.80. The van der Waals surface area contributed by atoms with E-state index in [4.69, 9.17) is 0 Å². The van der Waals surface area contributed by atoms with Crippen LogP contribution < -0.4 is 16.1 Å². The summed E-state index contributed by atoms with van der Waals surface area (Å²) in [6.07, 6.45) is 0. The number of benzene rings is 1. The van der Waals surface area contributed by atoms with Crippen molar-refractivity contribution in [3.05, 3.63) is 42.0 Å². The van der Waals surface area contributed by atoms with Gasteiger partial charge in [0.05, 0.1) is 18.4 Å². The maximum atomic E-state index is 11.2. The monoisotopic (exact) mass is 315 g/mol. The van der Waals surface area contributed by atoms with Crippen LogP contribution in [0.3, 0.4) is 0 Å².